The molecule has 1 atom stereocenters. The number of rotatable bonds is 10. The van der Waals surface area contributed by atoms with E-state index in [-0.39, 0.29) is 45.4 Å². The molecule has 0 saturated carbocycles. The first-order chi connectivity index (χ1) is 23.5. The van der Waals surface area contributed by atoms with Crippen LogP contribution >= 0.6 is 69.5 Å². The van der Waals surface area contributed by atoms with Crippen molar-refractivity contribution in [1.29, 1.82) is 0 Å². The number of aromatic carboxylic acids is 1. The minimum Gasteiger partial charge on any atom is -0.478 e. The minimum atomic E-state index is -1.53. The van der Waals surface area contributed by atoms with Crippen LogP contribution in [0.3, 0.4) is 0 Å². The number of carbonyl (C=O) groups is 5. The van der Waals surface area contributed by atoms with E-state index in [0.29, 0.717) is 29.3 Å². The Balaban J connectivity index is 1.54. The zero-order valence-corrected chi connectivity index (χ0v) is 32.2. The highest BCUT2D eigenvalue weighted by molar-refractivity contribution is 8.00. The van der Waals surface area contributed by atoms with Crippen molar-refractivity contribution in [2.45, 2.75) is 69.8 Å². The van der Waals surface area contributed by atoms with Gasteiger partial charge in [-0.3, -0.25) is 9.59 Å². The molecular weight excluding hydrogens is 772 g/mol. The highest BCUT2D eigenvalue weighted by Gasteiger charge is 2.34. The van der Waals surface area contributed by atoms with Gasteiger partial charge in [0, 0.05) is 22.0 Å². The number of hydrogen-bond donors (Lipinski definition) is 3. The van der Waals surface area contributed by atoms with Gasteiger partial charge in [0.15, 0.2) is 0 Å². The highest BCUT2D eigenvalue weighted by atomic mass is 35.5. The van der Waals surface area contributed by atoms with Crippen LogP contribution in [0.15, 0.2) is 29.2 Å². The number of carbonyl (C=O) groups excluding carboxylic acids is 4. The van der Waals surface area contributed by atoms with E-state index < -0.39 is 50.9 Å². The maximum Gasteiger partial charge on any atom is 0.410 e. The fourth-order valence-electron chi connectivity index (χ4n) is 4.96. The van der Waals surface area contributed by atoms with Gasteiger partial charge in [0.25, 0.3) is 5.91 Å². The average Bonchev–Trinajstić information content (AvgIpc) is 3.40. The maximum atomic E-state index is 13.7. The third kappa shape index (κ3) is 8.99. The number of anilines is 2. The molecule has 2 aromatic carbocycles. The van der Waals surface area contributed by atoms with Crippen molar-refractivity contribution in [3.05, 3.63) is 71.5 Å². The first-order valence-electron chi connectivity index (χ1n) is 15.2. The lowest BCUT2D eigenvalue weighted by Crippen LogP contribution is -2.39. The standard InChI is InChI=1S/C33H33Cl4N3O8S2/c1-6-18(49-16-10-8-9-15(13-16)38-28(42)21-22(30(43)44)24(35)26(37)25(36)23(21)34)27(41)39-29-20(31(45)47-7-2)17-11-12-40(14-19(17)50-29)32(46)48-33(3,4)5/h8-10,13,18H,6-7,11-12,14H2,1-5H3,(H,38,42)(H,39,41)(H,43,44). The van der Waals surface area contributed by atoms with Crippen LogP contribution in [0.25, 0.3) is 0 Å². The number of thioether (sulfide) groups is 1. The summed E-state index contributed by atoms with van der Waals surface area (Å²) in [6.45, 7) is 9.57. The van der Waals surface area contributed by atoms with Gasteiger partial charge in [-0.25, -0.2) is 14.4 Å². The summed E-state index contributed by atoms with van der Waals surface area (Å²) in [7, 11) is 0. The Kier molecular flexibility index (Phi) is 13.0. The van der Waals surface area contributed by atoms with Crippen molar-refractivity contribution in [3.8, 4) is 0 Å². The van der Waals surface area contributed by atoms with Crippen LogP contribution in [-0.4, -0.2) is 63.9 Å². The smallest absolute Gasteiger partial charge is 0.410 e. The third-order valence-corrected chi connectivity index (χ3v) is 11.5. The molecule has 0 bridgehead atoms. The molecule has 11 nitrogen and oxygen atoms in total. The summed E-state index contributed by atoms with van der Waals surface area (Å²) >= 11 is 26.9. The molecule has 1 aromatic heterocycles. The summed E-state index contributed by atoms with van der Waals surface area (Å²) in [4.78, 5) is 67.6. The number of carboxylic acid groups (broad SMARTS) is 1. The van der Waals surface area contributed by atoms with E-state index in [1.165, 1.54) is 23.1 Å². The molecule has 4 rings (SSSR count). The van der Waals surface area contributed by atoms with Crippen LogP contribution in [0.1, 0.15) is 82.6 Å². The number of nitrogens with one attached hydrogen (secondary N) is 2. The number of thiophene rings is 1. The molecule has 3 amide bonds. The zero-order chi connectivity index (χ0) is 37.1. The zero-order valence-electron chi connectivity index (χ0n) is 27.5. The molecule has 0 fully saturated rings. The van der Waals surface area contributed by atoms with Gasteiger partial charge >= 0.3 is 18.0 Å². The molecule has 2 heterocycles. The summed E-state index contributed by atoms with van der Waals surface area (Å²) in [5, 5.41) is 13.6. The number of esters is 1. The van der Waals surface area contributed by atoms with Crippen molar-refractivity contribution in [1.82, 2.24) is 4.90 Å². The lowest BCUT2D eigenvalue weighted by atomic mass is 10.0. The first-order valence-corrected chi connectivity index (χ1v) is 18.5. The first kappa shape index (κ1) is 39.6. The second-order valence-electron chi connectivity index (χ2n) is 11.9. The SMILES string of the molecule is CCOC(=O)c1c(NC(=O)C(CC)Sc2cccc(NC(=O)c3c(Cl)c(Cl)c(Cl)c(Cl)c3C(=O)O)c2)sc2c1CCN(C(=O)OC(C)(C)C)C2. The Morgan fingerprint density at radius 1 is 0.980 bits per heavy atom. The van der Waals surface area contributed by atoms with Gasteiger partial charge in [-0.2, -0.15) is 0 Å². The quantitative estimate of drug-likeness (QED) is 0.0788. The van der Waals surface area contributed by atoms with Gasteiger partial charge in [-0.15, -0.1) is 23.1 Å². The largest absolute Gasteiger partial charge is 0.478 e. The number of carboxylic acids is 1. The van der Waals surface area contributed by atoms with Crippen molar-refractivity contribution >= 4 is 110 Å². The Morgan fingerprint density at radius 3 is 2.24 bits per heavy atom. The number of halogens is 4. The van der Waals surface area contributed by atoms with Crippen molar-refractivity contribution in [3.63, 3.8) is 0 Å². The molecule has 0 spiro atoms. The van der Waals surface area contributed by atoms with Crippen LogP contribution in [0.2, 0.25) is 20.1 Å². The Labute approximate surface area is 316 Å². The Hall–Kier alpha value is -3.20. The van der Waals surface area contributed by atoms with Gasteiger partial charge in [0.05, 0.1) is 55.2 Å². The molecule has 0 radical (unpaired) electrons. The van der Waals surface area contributed by atoms with E-state index >= 15 is 0 Å². The summed E-state index contributed by atoms with van der Waals surface area (Å²) in [6.07, 6.45) is 0.318. The van der Waals surface area contributed by atoms with E-state index in [1.807, 2.05) is 6.92 Å². The number of nitrogens with zero attached hydrogens (tertiary/aromatic N) is 1. The number of hydrogen-bond acceptors (Lipinski definition) is 9. The molecule has 1 aliphatic rings. The average molecular weight is 806 g/mol. The molecule has 0 saturated heterocycles. The van der Waals surface area contributed by atoms with E-state index in [9.17, 15) is 29.1 Å². The predicted octanol–water partition coefficient (Wildman–Crippen LogP) is 9.29. The molecule has 50 heavy (non-hydrogen) atoms. The van der Waals surface area contributed by atoms with Crippen LogP contribution in [0, 0.1) is 0 Å². The van der Waals surface area contributed by atoms with E-state index in [0.717, 1.165) is 10.4 Å². The van der Waals surface area contributed by atoms with E-state index in [1.54, 1.807) is 56.9 Å². The molecule has 3 aromatic rings. The summed E-state index contributed by atoms with van der Waals surface area (Å²) < 4.78 is 10.9. The summed E-state index contributed by atoms with van der Waals surface area (Å²) in [5.74, 6) is -3.36. The van der Waals surface area contributed by atoms with Crippen molar-refractivity contribution in [2.75, 3.05) is 23.8 Å². The molecule has 1 unspecified atom stereocenters. The number of fused-ring (bicyclic) bond motifs is 1. The topological polar surface area (TPSA) is 151 Å². The van der Waals surface area contributed by atoms with Gasteiger partial charge in [0.2, 0.25) is 5.91 Å². The molecule has 17 heteroatoms. The van der Waals surface area contributed by atoms with E-state index in [4.69, 9.17) is 55.9 Å². The van der Waals surface area contributed by atoms with Crippen LogP contribution in [-0.2, 0) is 27.2 Å². The maximum absolute atomic E-state index is 13.7. The summed E-state index contributed by atoms with van der Waals surface area (Å²) in [6, 6.07) is 6.55. The lowest BCUT2D eigenvalue weighted by Gasteiger charge is -2.30. The normalized spacial score (nSPS) is 13.3. The monoisotopic (exact) mass is 803 g/mol. The molecule has 1 aliphatic heterocycles. The van der Waals surface area contributed by atoms with Crippen molar-refractivity contribution in [2.24, 2.45) is 0 Å². The Bertz CT molecular complexity index is 1860. The number of ether oxygens (including phenoxy) is 2. The van der Waals surface area contributed by atoms with Crippen molar-refractivity contribution < 1.29 is 38.6 Å². The second kappa shape index (κ2) is 16.4. The number of benzene rings is 2. The fraction of sp³-hybridized carbons (Fsp3) is 0.364. The van der Waals surface area contributed by atoms with Gasteiger partial charge in [-0.1, -0.05) is 59.4 Å². The Morgan fingerprint density at radius 2 is 1.64 bits per heavy atom. The number of amides is 3. The third-order valence-electron chi connectivity index (χ3n) is 7.17. The van der Waals surface area contributed by atoms with Crippen LogP contribution in [0.4, 0.5) is 15.5 Å². The highest BCUT2D eigenvalue weighted by Crippen LogP contribution is 2.42. The molecule has 0 aliphatic carbocycles. The molecule has 268 valence electrons. The lowest BCUT2D eigenvalue weighted by molar-refractivity contribution is -0.115. The van der Waals surface area contributed by atoms with E-state index in [2.05, 4.69) is 10.6 Å². The van der Waals surface area contributed by atoms with Gasteiger partial charge in [-0.05, 0) is 64.3 Å². The van der Waals surface area contributed by atoms with Gasteiger partial charge in [0.1, 0.15) is 10.6 Å². The van der Waals surface area contributed by atoms with Crippen LogP contribution < -0.4 is 10.6 Å². The van der Waals surface area contributed by atoms with Gasteiger partial charge < -0.3 is 30.1 Å². The molecule has 3 N–H and O–H groups in total. The fourth-order valence-corrected chi connectivity index (χ4v) is 8.25. The molecular formula is C33H33Cl4N3O8S2. The summed E-state index contributed by atoms with van der Waals surface area (Å²) in [5.41, 5.74) is -0.469. The minimum absolute atomic E-state index is 0.142. The van der Waals surface area contributed by atoms with Crippen LogP contribution in [0.5, 0.6) is 0 Å². The second-order valence-corrected chi connectivity index (χ2v) is 15.8. The predicted molar refractivity (Wildman–Crippen MR) is 197 cm³/mol.